The van der Waals surface area contributed by atoms with Crippen LogP contribution in [0.2, 0.25) is 0 Å². The molecule has 0 aliphatic heterocycles. The molecule has 0 bridgehead atoms. The first-order chi connectivity index (χ1) is 8.61. The number of rotatable bonds is 4. The van der Waals surface area contributed by atoms with Crippen molar-refractivity contribution in [3.63, 3.8) is 0 Å². The highest BCUT2D eigenvalue weighted by Gasteiger charge is 2.12. The highest BCUT2D eigenvalue weighted by atomic mass is 32.1. The quantitative estimate of drug-likeness (QED) is 0.867. The van der Waals surface area contributed by atoms with Gasteiger partial charge in [0, 0.05) is 27.4 Å². The Labute approximate surface area is 109 Å². The van der Waals surface area contributed by atoms with Crippen LogP contribution in [0.5, 0.6) is 0 Å². The average Bonchev–Trinajstić information content (AvgIpc) is 2.78. The zero-order valence-corrected chi connectivity index (χ0v) is 10.9. The molecule has 0 radical (unpaired) electrons. The Morgan fingerprint density at radius 3 is 2.67 bits per heavy atom. The highest BCUT2D eigenvalue weighted by Crippen LogP contribution is 2.33. The number of benzene rings is 1. The van der Waals surface area contributed by atoms with Crippen molar-refractivity contribution < 1.29 is 8.78 Å². The number of hydrogen-bond acceptors (Lipinski definition) is 2. The van der Waals surface area contributed by atoms with Crippen molar-refractivity contribution in [2.24, 2.45) is 5.73 Å². The highest BCUT2D eigenvalue weighted by molar-refractivity contribution is 7.15. The lowest BCUT2D eigenvalue weighted by atomic mass is 10.1. The van der Waals surface area contributed by atoms with Gasteiger partial charge in [0.25, 0.3) is 0 Å². The summed E-state index contributed by atoms with van der Waals surface area (Å²) in [5.41, 5.74) is 6.44. The first-order valence-corrected chi connectivity index (χ1v) is 6.74. The van der Waals surface area contributed by atoms with Gasteiger partial charge in [0.05, 0.1) is 0 Å². The molecule has 1 nitrogen and oxygen atoms in total. The molecule has 0 spiro atoms. The Kier molecular flexibility index (Phi) is 4.09. The summed E-state index contributed by atoms with van der Waals surface area (Å²) in [5, 5.41) is 0. The standard InChI is InChI=1S/C14H15F2NS/c1-2-3-12(17)14-7-6-13(18-14)10-5-4-9(15)8-11(10)16/h4-8,12H,2-3,17H2,1H3. The van der Waals surface area contributed by atoms with Crippen molar-refractivity contribution in [1.82, 2.24) is 0 Å². The number of thiophene rings is 1. The molecule has 18 heavy (non-hydrogen) atoms. The Morgan fingerprint density at radius 1 is 1.22 bits per heavy atom. The van der Waals surface area contributed by atoms with Gasteiger partial charge >= 0.3 is 0 Å². The molecule has 0 aliphatic carbocycles. The molecule has 4 heteroatoms. The summed E-state index contributed by atoms with van der Waals surface area (Å²) in [4.78, 5) is 1.82. The maximum Gasteiger partial charge on any atom is 0.134 e. The minimum absolute atomic E-state index is 0.00254. The minimum Gasteiger partial charge on any atom is -0.323 e. The molecule has 1 atom stereocenters. The summed E-state index contributed by atoms with van der Waals surface area (Å²) in [5.74, 6) is -1.09. The lowest BCUT2D eigenvalue weighted by Crippen LogP contribution is -2.07. The third kappa shape index (κ3) is 2.76. The van der Waals surface area contributed by atoms with Crippen LogP contribution < -0.4 is 5.73 Å². The summed E-state index contributed by atoms with van der Waals surface area (Å²) < 4.78 is 26.5. The Bertz CT molecular complexity index is 536. The fourth-order valence-electron chi connectivity index (χ4n) is 1.84. The van der Waals surface area contributed by atoms with E-state index < -0.39 is 11.6 Å². The normalized spacial score (nSPS) is 12.7. The van der Waals surface area contributed by atoms with E-state index in [0.717, 1.165) is 28.7 Å². The van der Waals surface area contributed by atoms with Crippen molar-refractivity contribution >= 4 is 11.3 Å². The lowest BCUT2D eigenvalue weighted by molar-refractivity contribution is 0.586. The van der Waals surface area contributed by atoms with Crippen molar-refractivity contribution in [3.05, 3.63) is 46.8 Å². The van der Waals surface area contributed by atoms with E-state index in [4.69, 9.17) is 5.73 Å². The van der Waals surface area contributed by atoms with Crippen LogP contribution in [0.15, 0.2) is 30.3 Å². The molecule has 1 aromatic carbocycles. The van der Waals surface area contributed by atoms with Crippen molar-refractivity contribution in [3.8, 4) is 10.4 Å². The van der Waals surface area contributed by atoms with Crippen LogP contribution >= 0.6 is 11.3 Å². The van der Waals surface area contributed by atoms with E-state index in [1.54, 1.807) is 0 Å². The molecule has 1 unspecified atom stereocenters. The Hall–Kier alpha value is -1.26. The van der Waals surface area contributed by atoms with E-state index in [9.17, 15) is 8.78 Å². The summed E-state index contributed by atoms with van der Waals surface area (Å²) in [6.07, 6.45) is 1.92. The van der Waals surface area contributed by atoms with Gasteiger partial charge < -0.3 is 5.73 Å². The van der Waals surface area contributed by atoms with Crippen LogP contribution in [0.4, 0.5) is 8.78 Å². The van der Waals surface area contributed by atoms with Crippen LogP contribution in [-0.4, -0.2) is 0 Å². The van der Waals surface area contributed by atoms with E-state index >= 15 is 0 Å². The maximum atomic E-state index is 13.6. The maximum absolute atomic E-state index is 13.6. The molecular weight excluding hydrogens is 252 g/mol. The third-order valence-electron chi connectivity index (χ3n) is 2.79. The van der Waals surface area contributed by atoms with Crippen molar-refractivity contribution in [1.29, 1.82) is 0 Å². The molecule has 0 fully saturated rings. The fraction of sp³-hybridized carbons (Fsp3) is 0.286. The fourth-order valence-corrected chi connectivity index (χ4v) is 2.91. The second-order valence-corrected chi connectivity index (χ2v) is 5.34. The van der Waals surface area contributed by atoms with E-state index in [1.165, 1.54) is 23.5 Å². The molecule has 96 valence electrons. The zero-order chi connectivity index (χ0) is 13.1. The molecule has 1 aromatic heterocycles. The van der Waals surface area contributed by atoms with E-state index in [2.05, 4.69) is 6.92 Å². The molecule has 0 amide bonds. The van der Waals surface area contributed by atoms with Gasteiger partial charge in [-0.3, -0.25) is 0 Å². The van der Waals surface area contributed by atoms with Crippen LogP contribution in [0.25, 0.3) is 10.4 Å². The minimum atomic E-state index is -0.560. The molecule has 2 N–H and O–H groups in total. The van der Waals surface area contributed by atoms with Gasteiger partial charge in [-0.05, 0) is 30.7 Å². The van der Waals surface area contributed by atoms with Gasteiger partial charge in [-0.1, -0.05) is 13.3 Å². The largest absolute Gasteiger partial charge is 0.323 e. The van der Waals surface area contributed by atoms with Crippen LogP contribution in [-0.2, 0) is 0 Å². The van der Waals surface area contributed by atoms with Gasteiger partial charge in [-0.2, -0.15) is 0 Å². The van der Waals surface area contributed by atoms with E-state index in [0.29, 0.717) is 5.56 Å². The molecule has 0 saturated heterocycles. The van der Waals surface area contributed by atoms with Gasteiger partial charge in [0.15, 0.2) is 0 Å². The number of halogens is 2. The van der Waals surface area contributed by atoms with E-state index in [-0.39, 0.29) is 6.04 Å². The SMILES string of the molecule is CCCC(N)c1ccc(-c2ccc(F)cc2F)s1. The Balaban J connectivity index is 2.29. The summed E-state index contributed by atoms with van der Waals surface area (Å²) in [6, 6.07) is 7.39. The molecule has 2 rings (SSSR count). The van der Waals surface area contributed by atoms with Crippen LogP contribution in [0.3, 0.4) is 0 Å². The second kappa shape index (κ2) is 5.59. The van der Waals surface area contributed by atoms with Crippen LogP contribution in [0, 0.1) is 11.6 Å². The summed E-state index contributed by atoms with van der Waals surface area (Å²) >= 11 is 1.47. The summed E-state index contributed by atoms with van der Waals surface area (Å²) in [7, 11) is 0. The molecule has 1 heterocycles. The smallest absolute Gasteiger partial charge is 0.134 e. The van der Waals surface area contributed by atoms with Crippen molar-refractivity contribution in [2.75, 3.05) is 0 Å². The average molecular weight is 267 g/mol. The Morgan fingerprint density at radius 2 is 2.00 bits per heavy atom. The lowest BCUT2D eigenvalue weighted by Gasteiger charge is -2.06. The first kappa shape index (κ1) is 13.2. The number of nitrogens with two attached hydrogens (primary N) is 1. The number of hydrogen-bond donors (Lipinski definition) is 1. The molecule has 2 aromatic rings. The van der Waals surface area contributed by atoms with Gasteiger partial charge in [-0.25, -0.2) is 8.78 Å². The van der Waals surface area contributed by atoms with E-state index in [1.807, 2.05) is 12.1 Å². The summed E-state index contributed by atoms with van der Waals surface area (Å²) in [6.45, 7) is 2.08. The van der Waals surface area contributed by atoms with Crippen LogP contribution in [0.1, 0.15) is 30.7 Å². The van der Waals surface area contributed by atoms with Crippen molar-refractivity contribution in [2.45, 2.75) is 25.8 Å². The predicted molar refractivity (Wildman–Crippen MR) is 71.5 cm³/mol. The van der Waals surface area contributed by atoms with Gasteiger partial charge in [-0.15, -0.1) is 11.3 Å². The monoisotopic (exact) mass is 267 g/mol. The molecule has 0 saturated carbocycles. The van der Waals surface area contributed by atoms with Gasteiger partial charge in [0.1, 0.15) is 11.6 Å². The molecule has 0 aliphatic rings. The first-order valence-electron chi connectivity index (χ1n) is 5.92. The topological polar surface area (TPSA) is 26.0 Å². The molecular formula is C14H15F2NS. The van der Waals surface area contributed by atoms with Gasteiger partial charge in [0.2, 0.25) is 0 Å². The zero-order valence-electron chi connectivity index (χ0n) is 10.1. The second-order valence-electron chi connectivity index (χ2n) is 4.22. The third-order valence-corrected chi connectivity index (χ3v) is 4.04. The predicted octanol–water partition coefficient (Wildman–Crippen LogP) is 4.49.